The third-order valence-electron chi connectivity index (χ3n) is 2.42. The van der Waals surface area contributed by atoms with Gasteiger partial charge in [0.15, 0.2) is 5.96 Å². The first-order valence-corrected chi connectivity index (χ1v) is 7.13. The van der Waals surface area contributed by atoms with E-state index in [0.717, 1.165) is 13.0 Å². The average Bonchev–Trinajstić information content (AvgIpc) is 2.31. The standard InChI is InChI=1S/C14H30N4O2/c1-7-8-16-12(15)17-9-11(2)10-18(6)13(19)20-14(3,4)5/h11H,7-10H2,1-6H3,(H3,15,16,17). The number of nitrogens with one attached hydrogen (secondary N) is 1. The summed E-state index contributed by atoms with van der Waals surface area (Å²) in [7, 11) is 1.73. The van der Waals surface area contributed by atoms with Crippen LogP contribution in [0.5, 0.6) is 0 Å². The van der Waals surface area contributed by atoms with E-state index >= 15 is 0 Å². The SMILES string of the molecule is CCCNC(N)=NCC(C)CN(C)C(=O)OC(C)(C)C. The Kier molecular flexibility index (Phi) is 8.03. The molecule has 0 spiro atoms. The second kappa shape index (κ2) is 8.66. The summed E-state index contributed by atoms with van der Waals surface area (Å²) in [6, 6.07) is 0. The Morgan fingerprint density at radius 1 is 1.45 bits per heavy atom. The van der Waals surface area contributed by atoms with Gasteiger partial charge in [-0.2, -0.15) is 0 Å². The third-order valence-corrected chi connectivity index (χ3v) is 2.42. The number of hydrogen-bond donors (Lipinski definition) is 2. The van der Waals surface area contributed by atoms with Gasteiger partial charge in [0.05, 0.1) is 0 Å². The summed E-state index contributed by atoms with van der Waals surface area (Å²) in [6.07, 6.45) is 0.693. The van der Waals surface area contributed by atoms with Crippen LogP contribution in [0.15, 0.2) is 4.99 Å². The first-order chi connectivity index (χ1) is 9.15. The predicted molar refractivity (Wildman–Crippen MR) is 82.8 cm³/mol. The van der Waals surface area contributed by atoms with E-state index in [2.05, 4.69) is 17.2 Å². The van der Waals surface area contributed by atoms with Crippen LogP contribution in [0, 0.1) is 5.92 Å². The lowest BCUT2D eigenvalue weighted by Gasteiger charge is -2.26. The maximum absolute atomic E-state index is 11.8. The summed E-state index contributed by atoms with van der Waals surface area (Å²) in [6.45, 7) is 11.6. The molecule has 0 fully saturated rings. The van der Waals surface area contributed by atoms with Gasteiger partial charge < -0.3 is 20.7 Å². The maximum Gasteiger partial charge on any atom is 0.410 e. The van der Waals surface area contributed by atoms with E-state index in [4.69, 9.17) is 10.5 Å². The van der Waals surface area contributed by atoms with Crippen LogP contribution in [0.4, 0.5) is 4.79 Å². The lowest BCUT2D eigenvalue weighted by molar-refractivity contribution is 0.0279. The number of carbonyl (C=O) groups is 1. The molecule has 0 aliphatic rings. The molecular weight excluding hydrogens is 256 g/mol. The number of nitrogens with two attached hydrogens (primary N) is 1. The van der Waals surface area contributed by atoms with Gasteiger partial charge in [0, 0.05) is 26.7 Å². The zero-order valence-electron chi connectivity index (χ0n) is 13.7. The molecule has 20 heavy (non-hydrogen) atoms. The average molecular weight is 286 g/mol. The second-order valence-electron chi connectivity index (χ2n) is 6.12. The number of nitrogens with zero attached hydrogens (tertiary/aromatic N) is 2. The molecule has 0 aliphatic heterocycles. The molecule has 0 heterocycles. The molecule has 0 aromatic rings. The van der Waals surface area contributed by atoms with E-state index in [-0.39, 0.29) is 12.0 Å². The van der Waals surface area contributed by atoms with Crippen molar-refractivity contribution in [1.82, 2.24) is 10.2 Å². The quantitative estimate of drug-likeness (QED) is 0.576. The molecule has 1 amide bonds. The number of carbonyl (C=O) groups excluding carboxylic acids is 1. The van der Waals surface area contributed by atoms with Crippen molar-refractivity contribution in [3.05, 3.63) is 0 Å². The van der Waals surface area contributed by atoms with Crippen LogP contribution in [-0.4, -0.2) is 49.2 Å². The maximum atomic E-state index is 11.8. The first kappa shape index (κ1) is 18.5. The molecule has 0 saturated carbocycles. The molecule has 3 N–H and O–H groups in total. The first-order valence-electron chi connectivity index (χ1n) is 7.13. The fraction of sp³-hybridized carbons (Fsp3) is 0.857. The summed E-state index contributed by atoms with van der Waals surface area (Å²) in [5.74, 6) is 0.674. The molecule has 1 unspecified atom stereocenters. The smallest absolute Gasteiger partial charge is 0.410 e. The van der Waals surface area contributed by atoms with Crippen molar-refractivity contribution in [3.63, 3.8) is 0 Å². The molecule has 0 aliphatic carbocycles. The predicted octanol–water partition coefficient (Wildman–Crippen LogP) is 1.80. The molecule has 1 atom stereocenters. The Morgan fingerprint density at radius 2 is 2.05 bits per heavy atom. The molecule has 118 valence electrons. The van der Waals surface area contributed by atoms with Gasteiger partial charge in [0.2, 0.25) is 0 Å². The summed E-state index contributed by atoms with van der Waals surface area (Å²) < 4.78 is 5.29. The summed E-state index contributed by atoms with van der Waals surface area (Å²) >= 11 is 0. The number of rotatable bonds is 6. The van der Waals surface area contributed by atoms with Crippen LogP contribution < -0.4 is 11.1 Å². The number of guanidine groups is 1. The van der Waals surface area contributed by atoms with Gasteiger partial charge in [-0.1, -0.05) is 13.8 Å². The number of aliphatic imine (C=N–C) groups is 1. The van der Waals surface area contributed by atoms with E-state index in [1.807, 2.05) is 27.7 Å². The normalized spacial score (nSPS) is 13.8. The van der Waals surface area contributed by atoms with E-state index < -0.39 is 5.60 Å². The number of hydrogen-bond acceptors (Lipinski definition) is 3. The fourth-order valence-electron chi connectivity index (χ4n) is 1.50. The molecule has 0 rings (SSSR count). The number of amides is 1. The fourth-order valence-corrected chi connectivity index (χ4v) is 1.50. The highest BCUT2D eigenvalue weighted by molar-refractivity contribution is 5.77. The molecule has 0 aromatic carbocycles. The van der Waals surface area contributed by atoms with Crippen molar-refractivity contribution in [2.24, 2.45) is 16.6 Å². The molecule has 6 nitrogen and oxygen atoms in total. The molecule has 0 saturated heterocycles. The van der Waals surface area contributed by atoms with Crippen molar-refractivity contribution in [2.45, 2.75) is 46.6 Å². The largest absolute Gasteiger partial charge is 0.444 e. The Balaban J connectivity index is 4.13. The minimum atomic E-state index is -0.471. The topological polar surface area (TPSA) is 80.0 Å². The summed E-state index contributed by atoms with van der Waals surface area (Å²) in [5, 5.41) is 3.02. The van der Waals surface area contributed by atoms with E-state index in [1.54, 1.807) is 11.9 Å². The van der Waals surface area contributed by atoms with E-state index in [9.17, 15) is 4.79 Å². The van der Waals surface area contributed by atoms with Crippen LogP contribution in [0.1, 0.15) is 41.0 Å². The van der Waals surface area contributed by atoms with Crippen LogP contribution in [-0.2, 0) is 4.74 Å². The van der Waals surface area contributed by atoms with Crippen molar-refractivity contribution >= 4 is 12.1 Å². The monoisotopic (exact) mass is 286 g/mol. The Morgan fingerprint density at radius 3 is 2.55 bits per heavy atom. The van der Waals surface area contributed by atoms with Gasteiger partial charge >= 0.3 is 6.09 Å². The zero-order valence-corrected chi connectivity index (χ0v) is 13.7. The van der Waals surface area contributed by atoms with Crippen molar-refractivity contribution < 1.29 is 9.53 Å². The number of ether oxygens (including phenoxy) is 1. The molecule has 0 aromatic heterocycles. The molecular formula is C14H30N4O2. The Hall–Kier alpha value is -1.46. The van der Waals surface area contributed by atoms with E-state index in [0.29, 0.717) is 19.0 Å². The molecule has 0 radical (unpaired) electrons. The minimum Gasteiger partial charge on any atom is -0.444 e. The molecule has 6 heteroatoms. The highest BCUT2D eigenvalue weighted by atomic mass is 16.6. The highest BCUT2D eigenvalue weighted by Crippen LogP contribution is 2.10. The van der Waals surface area contributed by atoms with Gasteiger partial charge in [-0.3, -0.25) is 4.99 Å². The van der Waals surface area contributed by atoms with Crippen molar-refractivity contribution in [3.8, 4) is 0 Å². The Labute approximate surface area is 122 Å². The lowest BCUT2D eigenvalue weighted by atomic mass is 10.2. The van der Waals surface area contributed by atoms with Gasteiger partial charge in [-0.15, -0.1) is 0 Å². The Bertz CT molecular complexity index is 324. The van der Waals surface area contributed by atoms with Crippen molar-refractivity contribution in [1.29, 1.82) is 0 Å². The molecule has 0 bridgehead atoms. The van der Waals surface area contributed by atoms with Crippen LogP contribution in [0.3, 0.4) is 0 Å². The third kappa shape index (κ3) is 9.47. The van der Waals surface area contributed by atoms with E-state index in [1.165, 1.54) is 0 Å². The van der Waals surface area contributed by atoms with Crippen LogP contribution >= 0.6 is 0 Å². The van der Waals surface area contributed by atoms with Crippen LogP contribution in [0.25, 0.3) is 0 Å². The van der Waals surface area contributed by atoms with Gasteiger partial charge in [-0.25, -0.2) is 4.79 Å². The van der Waals surface area contributed by atoms with Crippen molar-refractivity contribution in [2.75, 3.05) is 26.7 Å². The second-order valence-corrected chi connectivity index (χ2v) is 6.12. The van der Waals surface area contributed by atoms with Gasteiger partial charge in [0.1, 0.15) is 5.60 Å². The minimum absolute atomic E-state index is 0.217. The zero-order chi connectivity index (χ0) is 15.8. The highest BCUT2D eigenvalue weighted by Gasteiger charge is 2.20. The van der Waals surface area contributed by atoms with Crippen LogP contribution in [0.2, 0.25) is 0 Å². The van der Waals surface area contributed by atoms with Gasteiger partial charge in [0.25, 0.3) is 0 Å². The van der Waals surface area contributed by atoms with Gasteiger partial charge in [-0.05, 0) is 33.1 Å². The summed E-state index contributed by atoms with van der Waals surface area (Å²) in [4.78, 5) is 17.6. The lowest BCUT2D eigenvalue weighted by Crippen LogP contribution is -2.37. The summed E-state index contributed by atoms with van der Waals surface area (Å²) in [5.41, 5.74) is 5.24.